The Hall–Kier alpha value is -1.87. The summed E-state index contributed by atoms with van der Waals surface area (Å²) >= 11 is 0. The van der Waals surface area contributed by atoms with Crippen molar-refractivity contribution in [1.82, 2.24) is 9.88 Å². The summed E-state index contributed by atoms with van der Waals surface area (Å²) in [6, 6.07) is 14.2. The Labute approximate surface area is 120 Å². The van der Waals surface area contributed by atoms with E-state index in [4.69, 9.17) is 4.74 Å². The molecule has 0 unspecified atom stereocenters. The topological polar surface area (TPSA) is 25.4 Å². The summed E-state index contributed by atoms with van der Waals surface area (Å²) in [6.45, 7) is 3.99. The summed E-state index contributed by atoms with van der Waals surface area (Å²) in [5.74, 6) is 0.959. The fourth-order valence-corrected chi connectivity index (χ4v) is 2.61. The van der Waals surface area contributed by atoms with Gasteiger partial charge >= 0.3 is 0 Å². The summed E-state index contributed by atoms with van der Waals surface area (Å²) in [5.41, 5.74) is 2.65. The largest absolute Gasteiger partial charge is 0.494 e. The van der Waals surface area contributed by atoms with Crippen molar-refractivity contribution in [3.05, 3.63) is 59.9 Å². The Bertz CT molecular complexity index is 542. The van der Waals surface area contributed by atoms with Crippen LogP contribution in [0.2, 0.25) is 0 Å². The first-order valence-electron chi connectivity index (χ1n) is 7.25. The van der Waals surface area contributed by atoms with Crippen LogP contribution in [0.4, 0.5) is 0 Å². The number of para-hydroxylation sites is 1. The van der Waals surface area contributed by atoms with E-state index in [9.17, 15) is 0 Å². The van der Waals surface area contributed by atoms with Crippen molar-refractivity contribution in [2.45, 2.75) is 19.4 Å². The minimum atomic E-state index is 0.778. The fourth-order valence-electron chi connectivity index (χ4n) is 2.61. The van der Waals surface area contributed by atoms with Crippen molar-refractivity contribution in [2.75, 3.05) is 19.7 Å². The molecule has 0 spiro atoms. The van der Waals surface area contributed by atoms with E-state index in [1.165, 1.54) is 11.3 Å². The molecule has 1 aromatic carbocycles. The number of pyridine rings is 1. The van der Waals surface area contributed by atoms with Gasteiger partial charge in [-0.05, 0) is 30.2 Å². The van der Waals surface area contributed by atoms with E-state index in [0.717, 1.165) is 44.8 Å². The maximum atomic E-state index is 5.73. The molecule has 0 bridgehead atoms. The summed E-state index contributed by atoms with van der Waals surface area (Å²) in [5, 5.41) is 0. The predicted molar refractivity (Wildman–Crippen MR) is 79.8 cm³/mol. The van der Waals surface area contributed by atoms with Crippen LogP contribution >= 0.6 is 0 Å². The number of aromatic nitrogens is 1. The van der Waals surface area contributed by atoms with Crippen LogP contribution < -0.4 is 4.74 Å². The van der Waals surface area contributed by atoms with Crippen LogP contribution in [0.3, 0.4) is 0 Å². The molecular weight excluding hydrogens is 248 g/mol. The number of hydrogen-bond acceptors (Lipinski definition) is 3. The molecule has 0 N–H and O–H groups in total. The van der Waals surface area contributed by atoms with Gasteiger partial charge in [-0.3, -0.25) is 9.88 Å². The van der Waals surface area contributed by atoms with Crippen LogP contribution in [0.5, 0.6) is 5.75 Å². The molecule has 1 aliphatic rings. The Kier molecular flexibility index (Phi) is 4.28. The normalized spacial score (nSPS) is 14.8. The van der Waals surface area contributed by atoms with Gasteiger partial charge in [0.2, 0.25) is 0 Å². The van der Waals surface area contributed by atoms with E-state index in [2.05, 4.69) is 16.0 Å². The summed E-state index contributed by atoms with van der Waals surface area (Å²) in [4.78, 5) is 6.92. The number of hydrogen-bond donors (Lipinski definition) is 0. The summed E-state index contributed by atoms with van der Waals surface area (Å²) < 4.78 is 5.73. The van der Waals surface area contributed by atoms with E-state index in [1.807, 2.05) is 42.6 Å². The Balaban J connectivity index is 1.42. The summed E-state index contributed by atoms with van der Waals surface area (Å²) in [7, 11) is 0. The molecule has 0 aliphatic carbocycles. The first kappa shape index (κ1) is 13.1. The molecule has 1 aromatic heterocycles. The molecule has 0 atom stereocenters. The molecule has 0 fully saturated rings. The van der Waals surface area contributed by atoms with Crippen LogP contribution in [0.15, 0.2) is 48.7 Å². The molecule has 3 rings (SSSR count). The Morgan fingerprint density at radius 3 is 2.90 bits per heavy atom. The van der Waals surface area contributed by atoms with E-state index in [0.29, 0.717) is 0 Å². The lowest BCUT2D eigenvalue weighted by Gasteiger charge is -2.27. The van der Waals surface area contributed by atoms with E-state index in [-0.39, 0.29) is 0 Å². The maximum absolute atomic E-state index is 5.73. The van der Waals surface area contributed by atoms with Gasteiger partial charge in [0.15, 0.2) is 0 Å². The zero-order valence-electron chi connectivity index (χ0n) is 11.7. The molecule has 104 valence electrons. The number of fused-ring (bicyclic) bond motifs is 1. The lowest BCUT2D eigenvalue weighted by atomic mass is 10.1. The molecule has 2 aromatic rings. The van der Waals surface area contributed by atoms with Crippen molar-refractivity contribution in [3.8, 4) is 5.75 Å². The second-order valence-corrected chi connectivity index (χ2v) is 5.15. The van der Waals surface area contributed by atoms with Crippen LogP contribution in [-0.2, 0) is 13.0 Å². The van der Waals surface area contributed by atoms with Gasteiger partial charge in [0.05, 0.1) is 6.61 Å². The molecule has 0 radical (unpaired) electrons. The van der Waals surface area contributed by atoms with Gasteiger partial charge < -0.3 is 4.74 Å². The van der Waals surface area contributed by atoms with Gasteiger partial charge in [-0.25, -0.2) is 0 Å². The van der Waals surface area contributed by atoms with Crippen molar-refractivity contribution < 1.29 is 4.74 Å². The van der Waals surface area contributed by atoms with E-state index < -0.39 is 0 Å². The molecular formula is C17H20N2O. The zero-order valence-corrected chi connectivity index (χ0v) is 11.7. The van der Waals surface area contributed by atoms with Crippen LogP contribution in [0, 0.1) is 0 Å². The standard InChI is InChI=1S/C17H20N2O/c1-2-7-16(8-3-1)20-13-5-11-19-12-9-17-15(14-19)6-4-10-18-17/h1-4,6-8,10H,5,9,11-14H2. The third-order valence-electron chi connectivity index (χ3n) is 3.67. The smallest absolute Gasteiger partial charge is 0.119 e. The molecule has 20 heavy (non-hydrogen) atoms. The van der Waals surface area contributed by atoms with Gasteiger partial charge in [-0.2, -0.15) is 0 Å². The molecule has 0 saturated carbocycles. The van der Waals surface area contributed by atoms with Crippen molar-refractivity contribution in [2.24, 2.45) is 0 Å². The summed E-state index contributed by atoms with van der Waals surface area (Å²) in [6.07, 6.45) is 4.02. The average Bonchev–Trinajstić information content (AvgIpc) is 2.52. The molecule has 3 heteroatoms. The lowest BCUT2D eigenvalue weighted by molar-refractivity contribution is 0.219. The van der Waals surface area contributed by atoms with Crippen molar-refractivity contribution in [1.29, 1.82) is 0 Å². The lowest BCUT2D eigenvalue weighted by Crippen LogP contribution is -2.32. The molecule has 0 saturated heterocycles. The zero-order chi connectivity index (χ0) is 13.6. The molecule has 2 heterocycles. The third-order valence-corrected chi connectivity index (χ3v) is 3.67. The van der Waals surface area contributed by atoms with Crippen LogP contribution in [-0.4, -0.2) is 29.6 Å². The quantitative estimate of drug-likeness (QED) is 0.780. The minimum absolute atomic E-state index is 0.778. The minimum Gasteiger partial charge on any atom is -0.494 e. The highest BCUT2D eigenvalue weighted by Gasteiger charge is 2.15. The van der Waals surface area contributed by atoms with Gasteiger partial charge in [0, 0.05) is 37.9 Å². The number of benzene rings is 1. The van der Waals surface area contributed by atoms with Gasteiger partial charge in [0.25, 0.3) is 0 Å². The molecule has 1 aliphatic heterocycles. The third kappa shape index (κ3) is 3.36. The van der Waals surface area contributed by atoms with Gasteiger partial charge in [-0.15, -0.1) is 0 Å². The van der Waals surface area contributed by atoms with Crippen LogP contribution in [0.25, 0.3) is 0 Å². The number of nitrogens with zero attached hydrogens (tertiary/aromatic N) is 2. The van der Waals surface area contributed by atoms with E-state index in [1.54, 1.807) is 0 Å². The van der Waals surface area contributed by atoms with Gasteiger partial charge in [0.1, 0.15) is 5.75 Å². The highest BCUT2D eigenvalue weighted by Crippen LogP contribution is 2.16. The van der Waals surface area contributed by atoms with Crippen molar-refractivity contribution in [3.63, 3.8) is 0 Å². The van der Waals surface area contributed by atoms with E-state index >= 15 is 0 Å². The first-order chi connectivity index (χ1) is 9.92. The predicted octanol–water partition coefficient (Wildman–Crippen LogP) is 2.91. The second kappa shape index (κ2) is 6.53. The molecule has 0 amide bonds. The monoisotopic (exact) mass is 268 g/mol. The maximum Gasteiger partial charge on any atom is 0.119 e. The number of rotatable bonds is 5. The second-order valence-electron chi connectivity index (χ2n) is 5.15. The number of ether oxygens (including phenoxy) is 1. The SMILES string of the molecule is c1ccc(OCCCN2CCc3ncccc3C2)cc1. The average molecular weight is 268 g/mol. The van der Waals surface area contributed by atoms with Gasteiger partial charge in [-0.1, -0.05) is 24.3 Å². The highest BCUT2D eigenvalue weighted by atomic mass is 16.5. The van der Waals surface area contributed by atoms with Crippen LogP contribution in [0.1, 0.15) is 17.7 Å². The fraction of sp³-hybridized carbons (Fsp3) is 0.353. The van der Waals surface area contributed by atoms with Crippen molar-refractivity contribution >= 4 is 0 Å². The highest BCUT2D eigenvalue weighted by molar-refractivity contribution is 5.22. The Morgan fingerprint density at radius 2 is 2.00 bits per heavy atom. The first-order valence-corrected chi connectivity index (χ1v) is 7.25. The Morgan fingerprint density at radius 1 is 1.10 bits per heavy atom. The molecule has 3 nitrogen and oxygen atoms in total.